The van der Waals surface area contributed by atoms with E-state index >= 15 is 0 Å². The molecule has 0 atom stereocenters. The molecule has 0 aliphatic carbocycles. The molecule has 1 aromatic carbocycles. The number of hydrogen-bond donors (Lipinski definition) is 0. The second-order valence-electron chi connectivity index (χ2n) is 6.04. The van der Waals surface area contributed by atoms with Gasteiger partial charge in [0.2, 0.25) is 0 Å². The zero-order valence-electron chi connectivity index (χ0n) is 13.1. The molecule has 4 rings (SSSR count). The number of nitrogens with zero attached hydrogens (tertiary/aromatic N) is 4. The van der Waals surface area contributed by atoms with Gasteiger partial charge >= 0.3 is 0 Å². The Bertz CT molecular complexity index is 931. The lowest BCUT2D eigenvalue weighted by atomic mass is 10.1. The summed E-state index contributed by atoms with van der Waals surface area (Å²) in [6.07, 6.45) is 8.65. The van der Waals surface area contributed by atoms with Crippen molar-refractivity contribution < 1.29 is 8.42 Å². The molecule has 0 N–H and O–H groups in total. The van der Waals surface area contributed by atoms with Crippen LogP contribution < -0.4 is 0 Å². The van der Waals surface area contributed by atoms with Gasteiger partial charge in [0.25, 0.3) is 0 Å². The van der Waals surface area contributed by atoms with E-state index < -0.39 is 9.84 Å². The van der Waals surface area contributed by atoms with E-state index in [1.54, 1.807) is 12.4 Å². The summed E-state index contributed by atoms with van der Waals surface area (Å²) < 4.78 is 27.2. The molecule has 6 nitrogen and oxygen atoms in total. The van der Waals surface area contributed by atoms with Gasteiger partial charge in [0.1, 0.15) is 15.7 Å². The van der Waals surface area contributed by atoms with Crippen molar-refractivity contribution >= 4 is 9.84 Å². The highest BCUT2D eigenvalue weighted by molar-refractivity contribution is 7.91. The first-order valence-corrected chi connectivity index (χ1v) is 9.78. The van der Waals surface area contributed by atoms with Crippen LogP contribution in [-0.2, 0) is 9.84 Å². The monoisotopic (exact) mass is 342 g/mol. The molecular weight excluding hydrogens is 324 g/mol. The smallest absolute Gasteiger partial charge is 0.150 e. The number of sulfone groups is 1. The summed E-state index contributed by atoms with van der Waals surface area (Å²) in [5, 5.41) is 4.26. The third-order valence-corrected chi connectivity index (χ3v) is 6.17. The van der Waals surface area contributed by atoms with Crippen molar-refractivity contribution in [3.8, 4) is 17.1 Å². The second kappa shape index (κ2) is 5.90. The van der Waals surface area contributed by atoms with Crippen molar-refractivity contribution in [1.29, 1.82) is 0 Å². The van der Waals surface area contributed by atoms with E-state index in [-0.39, 0.29) is 17.5 Å². The molecule has 24 heavy (non-hydrogen) atoms. The summed E-state index contributed by atoms with van der Waals surface area (Å²) >= 11 is 0. The summed E-state index contributed by atoms with van der Waals surface area (Å²) in [5.74, 6) is 1.37. The maximum Gasteiger partial charge on any atom is 0.150 e. The molecular formula is C17H18N4O2S. The summed E-state index contributed by atoms with van der Waals surface area (Å²) in [7, 11) is -2.87. The Hall–Kier alpha value is -2.41. The van der Waals surface area contributed by atoms with E-state index in [9.17, 15) is 8.42 Å². The van der Waals surface area contributed by atoms with Gasteiger partial charge in [0.15, 0.2) is 0 Å². The third kappa shape index (κ3) is 2.87. The summed E-state index contributed by atoms with van der Waals surface area (Å²) in [4.78, 5) is 4.50. The topological polar surface area (TPSA) is 69.8 Å². The Morgan fingerprint density at radius 2 is 1.88 bits per heavy atom. The van der Waals surface area contributed by atoms with Crippen LogP contribution in [0.5, 0.6) is 0 Å². The zero-order valence-corrected chi connectivity index (χ0v) is 13.9. The third-order valence-electron chi connectivity index (χ3n) is 4.46. The van der Waals surface area contributed by atoms with Gasteiger partial charge in [-0.15, -0.1) is 0 Å². The van der Waals surface area contributed by atoms with Gasteiger partial charge in [-0.2, -0.15) is 5.10 Å². The van der Waals surface area contributed by atoms with E-state index in [1.807, 2.05) is 47.4 Å². The molecule has 0 amide bonds. The Morgan fingerprint density at radius 1 is 1.04 bits per heavy atom. The van der Waals surface area contributed by atoms with Crippen LogP contribution in [-0.4, -0.2) is 39.3 Å². The molecule has 3 aromatic rings. The van der Waals surface area contributed by atoms with E-state index in [2.05, 4.69) is 14.6 Å². The van der Waals surface area contributed by atoms with Crippen LogP contribution >= 0.6 is 0 Å². The van der Waals surface area contributed by atoms with Crippen LogP contribution in [0.15, 0.2) is 55.1 Å². The van der Waals surface area contributed by atoms with Gasteiger partial charge in [0, 0.05) is 36.4 Å². The van der Waals surface area contributed by atoms with Crippen molar-refractivity contribution in [3.63, 3.8) is 0 Å². The quantitative estimate of drug-likeness (QED) is 0.733. The fraction of sp³-hybridized carbons (Fsp3) is 0.294. The number of benzene rings is 1. The van der Waals surface area contributed by atoms with E-state index in [1.165, 1.54) is 0 Å². The average molecular weight is 342 g/mol. The summed E-state index contributed by atoms with van der Waals surface area (Å²) in [5.41, 5.74) is 1.97. The van der Waals surface area contributed by atoms with Crippen LogP contribution in [0, 0.1) is 0 Å². The second-order valence-corrected chi connectivity index (χ2v) is 8.35. The molecule has 0 saturated carbocycles. The number of imidazole rings is 1. The lowest BCUT2D eigenvalue weighted by Crippen LogP contribution is -2.25. The molecule has 124 valence electrons. The van der Waals surface area contributed by atoms with Crippen LogP contribution in [0.25, 0.3) is 17.1 Å². The van der Waals surface area contributed by atoms with Crippen molar-refractivity contribution in [2.45, 2.75) is 18.9 Å². The van der Waals surface area contributed by atoms with Gasteiger partial charge in [-0.05, 0) is 31.0 Å². The number of aromatic nitrogens is 4. The van der Waals surface area contributed by atoms with Crippen LogP contribution in [0.3, 0.4) is 0 Å². The minimum absolute atomic E-state index is 0.180. The lowest BCUT2D eigenvalue weighted by molar-refractivity contribution is 0.453. The van der Waals surface area contributed by atoms with Crippen LogP contribution in [0.1, 0.15) is 18.9 Å². The SMILES string of the molecule is O=S1(=O)CCC(n2ccnc2-c2cccc(-n3cccn3)c2)CC1. The molecule has 1 fully saturated rings. The Balaban J connectivity index is 1.67. The predicted octanol–water partition coefficient (Wildman–Crippen LogP) is 2.49. The van der Waals surface area contributed by atoms with Crippen molar-refractivity contribution in [2.75, 3.05) is 11.5 Å². The fourth-order valence-electron chi connectivity index (χ4n) is 3.20. The molecule has 0 bridgehead atoms. The molecule has 0 unspecified atom stereocenters. The Morgan fingerprint density at radius 3 is 2.62 bits per heavy atom. The lowest BCUT2D eigenvalue weighted by Gasteiger charge is -2.25. The van der Waals surface area contributed by atoms with Gasteiger partial charge in [-0.3, -0.25) is 0 Å². The van der Waals surface area contributed by atoms with E-state index in [0.29, 0.717) is 12.8 Å². The molecule has 0 radical (unpaired) electrons. The Kier molecular flexibility index (Phi) is 3.72. The normalized spacial score (nSPS) is 17.8. The standard InChI is InChI=1S/C17H18N4O2S/c22-24(23)11-5-15(6-12-24)20-10-8-18-17(20)14-3-1-4-16(13-14)21-9-2-7-19-21/h1-4,7-10,13,15H,5-6,11-12H2. The summed E-state index contributed by atoms with van der Waals surface area (Å²) in [6.45, 7) is 0. The molecule has 7 heteroatoms. The van der Waals surface area contributed by atoms with E-state index in [4.69, 9.17) is 0 Å². The minimum atomic E-state index is -2.87. The first-order chi connectivity index (χ1) is 11.6. The van der Waals surface area contributed by atoms with Crippen molar-refractivity contribution in [2.24, 2.45) is 0 Å². The maximum absolute atomic E-state index is 11.7. The van der Waals surface area contributed by atoms with Gasteiger partial charge in [0.05, 0.1) is 17.2 Å². The molecule has 2 aromatic heterocycles. The minimum Gasteiger partial charge on any atom is -0.328 e. The largest absolute Gasteiger partial charge is 0.328 e. The van der Waals surface area contributed by atoms with Crippen molar-refractivity contribution in [1.82, 2.24) is 19.3 Å². The number of hydrogen-bond acceptors (Lipinski definition) is 4. The molecule has 3 heterocycles. The maximum atomic E-state index is 11.7. The summed E-state index contributed by atoms with van der Waals surface area (Å²) in [6, 6.07) is 10.1. The van der Waals surface area contributed by atoms with Gasteiger partial charge in [-0.25, -0.2) is 18.1 Å². The van der Waals surface area contributed by atoms with Crippen LogP contribution in [0.4, 0.5) is 0 Å². The van der Waals surface area contributed by atoms with Gasteiger partial charge < -0.3 is 4.57 Å². The zero-order chi connectivity index (χ0) is 16.6. The Labute approximate surface area is 140 Å². The highest BCUT2D eigenvalue weighted by Crippen LogP contribution is 2.29. The molecule has 1 aliphatic heterocycles. The predicted molar refractivity (Wildman–Crippen MR) is 91.7 cm³/mol. The molecule has 1 saturated heterocycles. The van der Waals surface area contributed by atoms with Crippen molar-refractivity contribution in [3.05, 3.63) is 55.1 Å². The highest BCUT2D eigenvalue weighted by atomic mass is 32.2. The first-order valence-electron chi connectivity index (χ1n) is 7.96. The van der Waals surface area contributed by atoms with Crippen LogP contribution in [0.2, 0.25) is 0 Å². The van der Waals surface area contributed by atoms with Gasteiger partial charge in [-0.1, -0.05) is 12.1 Å². The molecule has 1 aliphatic rings. The first kappa shape index (κ1) is 15.1. The highest BCUT2D eigenvalue weighted by Gasteiger charge is 2.26. The molecule has 0 spiro atoms. The number of rotatable bonds is 3. The average Bonchev–Trinajstić information content (AvgIpc) is 3.27. The fourth-order valence-corrected chi connectivity index (χ4v) is 4.66. The van der Waals surface area contributed by atoms with E-state index in [0.717, 1.165) is 17.1 Å².